The van der Waals surface area contributed by atoms with Gasteiger partial charge in [-0.05, 0) is 6.92 Å². The van der Waals surface area contributed by atoms with E-state index < -0.39 is 72.7 Å². The van der Waals surface area contributed by atoms with Crippen molar-refractivity contribution in [2.45, 2.75) is 60.2 Å². The standard InChI is InChI=1S/C14H9F17O3/c1-3-5(32)34-4-6(2,33)7(15,16)8(17,18)9(19,20)10(21,22)11(23,24)12(25,26)13(27,28)14(29,30)31/h3,33H,1,4H2,2H3. The van der Waals surface area contributed by atoms with E-state index in [9.17, 15) is 84.5 Å². The van der Waals surface area contributed by atoms with E-state index in [0.29, 0.717) is 0 Å². The highest BCUT2D eigenvalue weighted by Gasteiger charge is 2.96. The van der Waals surface area contributed by atoms with Gasteiger partial charge in [0.2, 0.25) is 0 Å². The second-order valence-corrected chi connectivity index (χ2v) is 6.60. The fourth-order valence-corrected chi connectivity index (χ4v) is 1.86. The Hall–Kier alpha value is -2.02. The molecule has 0 saturated carbocycles. The maximum absolute atomic E-state index is 13.9. The number of esters is 1. The van der Waals surface area contributed by atoms with Crippen LogP contribution in [-0.2, 0) is 9.53 Å². The van der Waals surface area contributed by atoms with Crippen LogP contribution < -0.4 is 0 Å². The maximum Gasteiger partial charge on any atom is 0.460 e. The van der Waals surface area contributed by atoms with Crippen LogP contribution in [0.3, 0.4) is 0 Å². The molecule has 34 heavy (non-hydrogen) atoms. The van der Waals surface area contributed by atoms with Crippen LogP contribution in [0.2, 0.25) is 0 Å². The van der Waals surface area contributed by atoms with E-state index in [4.69, 9.17) is 0 Å². The first-order valence-electron chi connectivity index (χ1n) is 7.68. The van der Waals surface area contributed by atoms with Crippen LogP contribution in [-0.4, -0.2) is 70.9 Å². The second kappa shape index (κ2) is 8.28. The molecule has 0 heterocycles. The largest absolute Gasteiger partial charge is 0.460 e. The van der Waals surface area contributed by atoms with Gasteiger partial charge in [0.05, 0.1) is 0 Å². The van der Waals surface area contributed by atoms with Gasteiger partial charge in [0, 0.05) is 6.08 Å². The summed E-state index contributed by atoms with van der Waals surface area (Å²) in [7, 11) is 0. The predicted molar refractivity (Wildman–Crippen MR) is 72.5 cm³/mol. The van der Waals surface area contributed by atoms with Crippen LogP contribution in [0.1, 0.15) is 6.92 Å². The van der Waals surface area contributed by atoms with E-state index in [0.717, 1.165) is 0 Å². The molecule has 20 heteroatoms. The van der Waals surface area contributed by atoms with E-state index >= 15 is 0 Å². The van der Waals surface area contributed by atoms with Crippen LogP contribution in [0.15, 0.2) is 12.7 Å². The van der Waals surface area contributed by atoms with Gasteiger partial charge in [0.25, 0.3) is 0 Å². The number of carbonyl (C=O) groups is 1. The first-order chi connectivity index (χ1) is 14.5. The highest BCUT2D eigenvalue weighted by atomic mass is 19.4. The number of hydrogen-bond acceptors (Lipinski definition) is 3. The number of aliphatic hydroxyl groups is 1. The summed E-state index contributed by atoms with van der Waals surface area (Å²) in [6.07, 6.45) is -7.75. The lowest BCUT2D eigenvalue weighted by molar-refractivity contribution is -0.467. The molecule has 0 saturated heterocycles. The van der Waals surface area contributed by atoms with E-state index in [2.05, 4.69) is 11.3 Å². The molecular formula is C14H9F17O3. The van der Waals surface area contributed by atoms with E-state index in [1.807, 2.05) is 0 Å². The number of halogens is 17. The molecule has 0 aliphatic heterocycles. The molecule has 0 aromatic carbocycles. The average Bonchev–Trinajstić information content (AvgIpc) is 2.63. The van der Waals surface area contributed by atoms with Gasteiger partial charge in [-0.3, -0.25) is 0 Å². The Morgan fingerprint density at radius 2 is 0.912 bits per heavy atom. The molecule has 202 valence electrons. The van der Waals surface area contributed by atoms with Crippen LogP contribution in [0.25, 0.3) is 0 Å². The van der Waals surface area contributed by atoms with Crippen LogP contribution in [0.5, 0.6) is 0 Å². The Morgan fingerprint density at radius 3 is 1.18 bits per heavy atom. The molecule has 1 N–H and O–H groups in total. The monoisotopic (exact) mass is 548 g/mol. The molecule has 0 radical (unpaired) electrons. The molecule has 0 fully saturated rings. The van der Waals surface area contributed by atoms with Crippen LogP contribution >= 0.6 is 0 Å². The van der Waals surface area contributed by atoms with Crippen molar-refractivity contribution in [3.8, 4) is 0 Å². The highest BCUT2D eigenvalue weighted by Crippen LogP contribution is 2.64. The minimum Gasteiger partial charge on any atom is -0.459 e. The molecule has 0 spiro atoms. The summed E-state index contributed by atoms with van der Waals surface area (Å²) < 4.78 is 227. The zero-order chi connectivity index (χ0) is 28.2. The smallest absolute Gasteiger partial charge is 0.459 e. The Kier molecular flexibility index (Phi) is 7.79. The highest BCUT2D eigenvalue weighted by molar-refractivity contribution is 5.81. The molecule has 0 rings (SSSR count). The molecule has 0 aliphatic rings. The minimum atomic E-state index is -8.77. The number of rotatable bonds is 10. The summed E-state index contributed by atoms with van der Waals surface area (Å²) >= 11 is 0. The molecule has 0 bridgehead atoms. The third kappa shape index (κ3) is 4.14. The fraction of sp³-hybridized carbons (Fsp3) is 0.786. The van der Waals surface area contributed by atoms with Gasteiger partial charge in [-0.2, -0.15) is 74.6 Å². The van der Waals surface area contributed by atoms with Crippen molar-refractivity contribution >= 4 is 5.97 Å². The normalized spacial score (nSPS) is 17.3. The third-order valence-electron chi connectivity index (χ3n) is 4.06. The molecular weight excluding hydrogens is 539 g/mol. The van der Waals surface area contributed by atoms with Crippen molar-refractivity contribution in [2.24, 2.45) is 0 Å². The lowest BCUT2D eigenvalue weighted by Gasteiger charge is -2.45. The maximum atomic E-state index is 13.9. The van der Waals surface area contributed by atoms with Gasteiger partial charge in [-0.1, -0.05) is 6.58 Å². The van der Waals surface area contributed by atoms with Crippen molar-refractivity contribution in [3.05, 3.63) is 12.7 Å². The zero-order valence-corrected chi connectivity index (χ0v) is 15.7. The first-order valence-corrected chi connectivity index (χ1v) is 7.68. The lowest BCUT2D eigenvalue weighted by atomic mass is 9.84. The van der Waals surface area contributed by atoms with Crippen molar-refractivity contribution < 1.29 is 89.3 Å². The summed E-state index contributed by atoms with van der Waals surface area (Å²) in [6, 6.07) is 0. The SMILES string of the molecule is C=CC(=O)OCC(C)(O)C(F)(F)C(F)(F)C(F)(F)C(F)(F)C(F)(F)C(F)(F)C(F)(F)C(F)(F)F. The molecule has 1 unspecified atom stereocenters. The Bertz CT molecular complexity index is 781. The quantitative estimate of drug-likeness (QED) is 0.224. The van der Waals surface area contributed by atoms with Gasteiger partial charge in [0.15, 0.2) is 5.60 Å². The molecule has 0 aliphatic carbocycles. The van der Waals surface area contributed by atoms with Crippen LogP contribution in [0.4, 0.5) is 74.6 Å². The summed E-state index contributed by atoms with van der Waals surface area (Å²) in [5.74, 6) is -60.1. The molecule has 0 aromatic heterocycles. The topological polar surface area (TPSA) is 46.5 Å². The van der Waals surface area contributed by atoms with Gasteiger partial charge in [0.1, 0.15) is 6.61 Å². The molecule has 0 amide bonds. The fourth-order valence-electron chi connectivity index (χ4n) is 1.86. The third-order valence-corrected chi connectivity index (χ3v) is 4.06. The molecule has 3 nitrogen and oxygen atoms in total. The number of hydrogen-bond donors (Lipinski definition) is 1. The molecule has 1 atom stereocenters. The first kappa shape index (κ1) is 32.0. The number of carbonyl (C=O) groups excluding carboxylic acids is 1. The lowest BCUT2D eigenvalue weighted by Crippen LogP contribution is -2.76. The predicted octanol–water partition coefficient (Wildman–Crippen LogP) is 5.48. The van der Waals surface area contributed by atoms with E-state index in [-0.39, 0.29) is 6.08 Å². The second-order valence-electron chi connectivity index (χ2n) is 6.60. The van der Waals surface area contributed by atoms with Gasteiger partial charge in [-0.25, -0.2) is 4.79 Å². The number of ether oxygens (including phenoxy) is 1. The Morgan fingerprint density at radius 1 is 0.647 bits per heavy atom. The summed E-state index contributed by atoms with van der Waals surface area (Å²) in [6.45, 7) is -0.490. The van der Waals surface area contributed by atoms with Crippen molar-refractivity contribution in [3.63, 3.8) is 0 Å². The average molecular weight is 548 g/mol. The Labute approximate surface area is 176 Å². The van der Waals surface area contributed by atoms with Gasteiger partial charge >= 0.3 is 53.6 Å². The summed E-state index contributed by atoms with van der Waals surface area (Å²) in [4.78, 5) is 10.7. The number of alkyl halides is 17. The van der Waals surface area contributed by atoms with Crippen molar-refractivity contribution in [1.29, 1.82) is 0 Å². The zero-order valence-electron chi connectivity index (χ0n) is 15.7. The van der Waals surface area contributed by atoms with Gasteiger partial charge in [-0.15, -0.1) is 0 Å². The van der Waals surface area contributed by atoms with Crippen molar-refractivity contribution in [2.75, 3.05) is 6.61 Å². The minimum absolute atomic E-state index is 0.0958. The Balaban J connectivity index is 6.76. The van der Waals surface area contributed by atoms with Gasteiger partial charge < -0.3 is 9.84 Å². The molecule has 0 aromatic rings. The summed E-state index contributed by atoms with van der Waals surface area (Å²) in [5.41, 5.74) is -4.89. The van der Waals surface area contributed by atoms with E-state index in [1.165, 1.54) is 0 Å². The van der Waals surface area contributed by atoms with Crippen LogP contribution in [0, 0.1) is 0 Å². The van der Waals surface area contributed by atoms with E-state index in [1.54, 1.807) is 0 Å². The van der Waals surface area contributed by atoms with Crippen molar-refractivity contribution in [1.82, 2.24) is 0 Å². The summed E-state index contributed by atoms with van der Waals surface area (Å²) in [5, 5.41) is 9.23.